The number of carbonyl (C=O) groups excluding carboxylic acids is 1. The maximum Gasteiger partial charge on any atom is 0.515 e. The lowest BCUT2D eigenvalue weighted by Crippen LogP contribution is -2.12. The van der Waals surface area contributed by atoms with Gasteiger partial charge in [-0.3, -0.25) is 0 Å². The molecule has 10 heteroatoms. The summed E-state index contributed by atoms with van der Waals surface area (Å²) in [7, 11) is -1.75. The van der Waals surface area contributed by atoms with E-state index < -0.39 is 16.0 Å². The second-order valence-electron chi connectivity index (χ2n) is 7.23. The van der Waals surface area contributed by atoms with E-state index in [1.54, 1.807) is 31.3 Å². The number of benzene rings is 2. The number of carbonyl (C=O) groups is 1. The predicted molar refractivity (Wildman–Crippen MR) is 122 cm³/mol. The van der Waals surface area contributed by atoms with Crippen LogP contribution >= 0.6 is 0 Å². The Morgan fingerprint density at radius 3 is 2.45 bits per heavy atom. The first-order valence-electron chi connectivity index (χ1n) is 10.0. The van der Waals surface area contributed by atoms with Gasteiger partial charge in [0.25, 0.3) is 0 Å². The minimum Gasteiger partial charge on any atom is -0.457 e. The summed E-state index contributed by atoms with van der Waals surface area (Å²) in [6, 6.07) is 11.7. The van der Waals surface area contributed by atoms with E-state index >= 15 is 0 Å². The number of nitrogens with one attached hydrogen (secondary N) is 1. The molecule has 0 saturated carbocycles. The maximum atomic E-state index is 11.9. The zero-order chi connectivity index (χ0) is 23.6. The minimum atomic E-state index is -3.29. The Labute approximate surface area is 190 Å². The van der Waals surface area contributed by atoms with Gasteiger partial charge in [-0.05, 0) is 49.4 Å². The Bertz CT molecular complexity index is 1430. The molecule has 0 saturated heterocycles. The predicted octanol–water partition coefficient (Wildman–Crippen LogP) is 4.59. The van der Waals surface area contributed by atoms with Crippen molar-refractivity contribution < 1.29 is 32.2 Å². The highest BCUT2D eigenvalue weighted by Gasteiger charge is 2.19. The van der Waals surface area contributed by atoms with Crippen LogP contribution in [0.3, 0.4) is 0 Å². The Hall–Kier alpha value is -3.63. The molecule has 1 N–H and O–H groups in total. The number of H-pyrrole nitrogens is 1. The summed E-state index contributed by atoms with van der Waals surface area (Å²) in [6.07, 6.45) is 1.89. The van der Waals surface area contributed by atoms with E-state index in [9.17, 15) is 13.2 Å². The van der Waals surface area contributed by atoms with E-state index in [2.05, 4.69) is 9.97 Å². The van der Waals surface area contributed by atoms with E-state index in [0.29, 0.717) is 17.1 Å². The summed E-state index contributed by atoms with van der Waals surface area (Å²) < 4.78 is 44.7. The molecule has 0 atom stereocenters. The van der Waals surface area contributed by atoms with Crippen LogP contribution in [0.1, 0.15) is 12.5 Å². The van der Waals surface area contributed by atoms with Crippen molar-refractivity contribution in [3.05, 3.63) is 54.2 Å². The quantitative estimate of drug-likeness (QED) is 0.390. The third-order valence-corrected chi connectivity index (χ3v) is 6.02. The number of nitrogens with zero attached hydrogens (tertiary/aromatic N) is 1. The molecule has 2 aromatic carbocycles. The number of aromatic amines is 1. The molecule has 4 rings (SSSR count). The zero-order valence-corrected chi connectivity index (χ0v) is 19.1. The fourth-order valence-electron chi connectivity index (χ4n) is 3.47. The molecular formula is C23H22N2O7S. The van der Waals surface area contributed by atoms with E-state index in [4.69, 9.17) is 18.9 Å². The highest BCUT2D eigenvalue weighted by Crippen LogP contribution is 2.36. The number of ether oxygens (including phenoxy) is 4. The van der Waals surface area contributed by atoms with Gasteiger partial charge in [-0.1, -0.05) is 0 Å². The van der Waals surface area contributed by atoms with E-state index in [-0.39, 0.29) is 24.0 Å². The van der Waals surface area contributed by atoms with Gasteiger partial charge in [0.2, 0.25) is 5.88 Å². The van der Waals surface area contributed by atoms with Crippen LogP contribution in [-0.4, -0.2) is 44.5 Å². The number of fused-ring (bicyclic) bond motifs is 3. The fraction of sp³-hybridized carbons (Fsp3) is 0.217. The lowest BCUT2D eigenvalue weighted by atomic mass is 10.1. The Balaban J connectivity index is 1.75. The van der Waals surface area contributed by atoms with Crippen molar-refractivity contribution in [2.45, 2.75) is 18.4 Å². The van der Waals surface area contributed by atoms with Crippen molar-refractivity contribution >= 4 is 37.8 Å². The van der Waals surface area contributed by atoms with Gasteiger partial charge in [0, 0.05) is 29.7 Å². The van der Waals surface area contributed by atoms with Crippen molar-refractivity contribution in [3.8, 4) is 17.4 Å². The average Bonchev–Trinajstić information content (AvgIpc) is 3.13. The van der Waals surface area contributed by atoms with Gasteiger partial charge >= 0.3 is 6.16 Å². The van der Waals surface area contributed by atoms with E-state index in [1.807, 2.05) is 12.1 Å². The van der Waals surface area contributed by atoms with Gasteiger partial charge in [-0.15, -0.1) is 0 Å². The monoisotopic (exact) mass is 470 g/mol. The van der Waals surface area contributed by atoms with Gasteiger partial charge in [0.15, 0.2) is 9.84 Å². The van der Waals surface area contributed by atoms with Crippen LogP contribution < -0.4 is 9.47 Å². The van der Waals surface area contributed by atoms with Gasteiger partial charge in [0.05, 0.1) is 35.4 Å². The zero-order valence-electron chi connectivity index (χ0n) is 18.2. The molecule has 2 heterocycles. The number of pyridine rings is 1. The summed E-state index contributed by atoms with van der Waals surface area (Å²) in [4.78, 5) is 19.6. The number of methoxy groups -OCH3 is 1. The van der Waals surface area contributed by atoms with Crippen LogP contribution in [0.4, 0.5) is 4.79 Å². The SMILES string of the molecule is CCOC(=O)Oc1ncc2[nH]c3ccc(Oc4ccc(S(C)(=O)=O)cc4)cc3c2c1COC. The summed E-state index contributed by atoms with van der Waals surface area (Å²) in [6.45, 7) is 2.02. The number of aromatic nitrogens is 2. The standard InChI is InChI=1S/C23H22N2O7S/c1-4-30-23(26)32-22-18(13-29-2)21-17-11-15(7-10-19(17)25-20(21)12-24-22)31-14-5-8-16(9-6-14)33(3,27)28/h5-12,25H,4,13H2,1-3H3. The number of hydrogen-bond acceptors (Lipinski definition) is 8. The lowest BCUT2D eigenvalue weighted by Gasteiger charge is -2.10. The largest absolute Gasteiger partial charge is 0.515 e. The molecule has 2 aromatic heterocycles. The van der Waals surface area contributed by atoms with Gasteiger partial charge in [-0.2, -0.15) is 0 Å². The van der Waals surface area contributed by atoms with Crippen molar-refractivity contribution in [2.24, 2.45) is 0 Å². The van der Waals surface area contributed by atoms with Crippen LogP contribution in [0.25, 0.3) is 21.8 Å². The van der Waals surface area contributed by atoms with Crippen molar-refractivity contribution in [1.82, 2.24) is 9.97 Å². The van der Waals surface area contributed by atoms with Crippen LogP contribution in [0.2, 0.25) is 0 Å². The first-order chi connectivity index (χ1) is 15.8. The lowest BCUT2D eigenvalue weighted by molar-refractivity contribution is 0.101. The fourth-order valence-corrected chi connectivity index (χ4v) is 4.10. The molecule has 0 aliphatic heterocycles. The average molecular weight is 471 g/mol. The van der Waals surface area contributed by atoms with Gasteiger partial charge in [-0.25, -0.2) is 18.2 Å². The second-order valence-corrected chi connectivity index (χ2v) is 9.24. The van der Waals surface area contributed by atoms with Crippen LogP contribution in [0, 0.1) is 0 Å². The number of sulfone groups is 1. The summed E-state index contributed by atoms with van der Waals surface area (Å²) in [5, 5.41) is 1.59. The molecule has 0 amide bonds. The molecule has 0 spiro atoms. The molecule has 0 fully saturated rings. The number of hydrogen-bond donors (Lipinski definition) is 1. The summed E-state index contributed by atoms with van der Waals surface area (Å²) in [5.41, 5.74) is 2.16. The minimum absolute atomic E-state index is 0.103. The molecular weight excluding hydrogens is 448 g/mol. The highest BCUT2D eigenvalue weighted by atomic mass is 32.2. The molecule has 0 aliphatic rings. The summed E-state index contributed by atoms with van der Waals surface area (Å²) in [5.74, 6) is 1.14. The Morgan fingerprint density at radius 1 is 1.06 bits per heavy atom. The van der Waals surface area contributed by atoms with Gasteiger partial charge < -0.3 is 23.9 Å². The van der Waals surface area contributed by atoms with Gasteiger partial charge in [0.1, 0.15) is 11.5 Å². The summed E-state index contributed by atoms with van der Waals surface area (Å²) >= 11 is 0. The molecule has 0 unspecified atom stereocenters. The molecule has 9 nitrogen and oxygen atoms in total. The first-order valence-corrected chi connectivity index (χ1v) is 11.9. The van der Waals surface area contributed by atoms with Crippen molar-refractivity contribution in [1.29, 1.82) is 0 Å². The Kier molecular flexibility index (Phi) is 6.21. The number of rotatable bonds is 7. The van der Waals surface area contributed by atoms with Crippen molar-refractivity contribution in [3.63, 3.8) is 0 Å². The van der Waals surface area contributed by atoms with Crippen molar-refractivity contribution in [2.75, 3.05) is 20.0 Å². The van der Waals surface area contributed by atoms with Crippen LogP contribution in [0.5, 0.6) is 17.4 Å². The van der Waals surface area contributed by atoms with E-state index in [1.165, 1.54) is 19.2 Å². The smallest absolute Gasteiger partial charge is 0.457 e. The molecule has 33 heavy (non-hydrogen) atoms. The Morgan fingerprint density at radius 2 is 1.79 bits per heavy atom. The molecule has 4 aromatic rings. The third-order valence-electron chi connectivity index (χ3n) is 4.89. The maximum absolute atomic E-state index is 11.9. The van der Waals surface area contributed by atoms with Crippen LogP contribution in [-0.2, 0) is 25.9 Å². The van der Waals surface area contributed by atoms with E-state index in [0.717, 1.165) is 28.1 Å². The molecule has 0 bridgehead atoms. The first kappa shape index (κ1) is 22.6. The third kappa shape index (κ3) is 4.76. The second kappa shape index (κ2) is 9.08. The topological polar surface area (TPSA) is 117 Å². The molecule has 0 radical (unpaired) electrons. The molecule has 0 aliphatic carbocycles. The molecule has 172 valence electrons. The highest BCUT2D eigenvalue weighted by molar-refractivity contribution is 7.90. The normalized spacial score (nSPS) is 11.6. The van der Waals surface area contributed by atoms with Crippen LogP contribution in [0.15, 0.2) is 53.6 Å².